The lowest BCUT2D eigenvalue weighted by molar-refractivity contribution is -0.386. The van der Waals surface area contributed by atoms with E-state index in [1.165, 1.54) is 4.68 Å². The van der Waals surface area contributed by atoms with E-state index in [1.807, 2.05) is 26.8 Å². The summed E-state index contributed by atoms with van der Waals surface area (Å²) in [5.74, 6) is 0.875. The van der Waals surface area contributed by atoms with Crippen molar-refractivity contribution in [1.29, 1.82) is 0 Å². The minimum absolute atomic E-state index is 0.114. The normalized spacial score (nSPS) is 11.0. The molecular weight excluding hydrogens is 306 g/mol. The van der Waals surface area contributed by atoms with Crippen LogP contribution in [0.4, 0.5) is 5.69 Å². The predicted molar refractivity (Wildman–Crippen MR) is 85.0 cm³/mol. The minimum Gasteiger partial charge on any atom is -0.434 e. The van der Waals surface area contributed by atoms with Gasteiger partial charge in [-0.05, 0) is 43.0 Å². The number of halogens is 1. The van der Waals surface area contributed by atoms with E-state index in [4.69, 9.17) is 16.3 Å². The Morgan fingerprint density at radius 2 is 2.00 bits per heavy atom. The molecule has 0 radical (unpaired) electrons. The van der Waals surface area contributed by atoms with E-state index in [-0.39, 0.29) is 17.5 Å². The summed E-state index contributed by atoms with van der Waals surface area (Å²) in [4.78, 5) is 10.7. The average molecular weight is 324 g/mol. The number of nitrogens with zero attached hydrogens (tertiary/aromatic N) is 3. The molecule has 0 atom stereocenters. The summed E-state index contributed by atoms with van der Waals surface area (Å²) < 4.78 is 7.17. The van der Waals surface area contributed by atoms with Crippen LogP contribution in [0, 0.1) is 24.0 Å². The minimum atomic E-state index is -0.480. The van der Waals surface area contributed by atoms with Gasteiger partial charge in [-0.2, -0.15) is 5.10 Å². The highest BCUT2D eigenvalue weighted by atomic mass is 35.5. The van der Waals surface area contributed by atoms with Gasteiger partial charge in [-0.15, -0.1) is 0 Å². The van der Waals surface area contributed by atoms with Crippen LogP contribution in [-0.4, -0.2) is 14.7 Å². The Hall–Kier alpha value is -2.08. The largest absolute Gasteiger partial charge is 0.434 e. The molecule has 0 saturated carbocycles. The topological polar surface area (TPSA) is 70.2 Å². The maximum Gasteiger partial charge on any atom is 0.353 e. The van der Waals surface area contributed by atoms with E-state index in [1.54, 1.807) is 20.0 Å². The molecule has 2 aromatic rings. The molecule has 0 saturated heterocycles. The van der Waals surface area contributed by atoms with E-state index >= 15 is 0 Å². The number of nitro groups is 1. The Morgan fingerprint density at radius 3 is 2.55 bits per heavy atom. The lowest BCUT2D eigenvalue weighted by atomic mass is 10.0. The zero-order valence-electron chi connectivity index (χ0n) is 13.2. The molecule has 1 aromatic heterocycles. The summed E-state index contributed by atoms with van der Waals surface area (Å²) in [6.45, 7) is 7.48. The summed E-state index contributed by atoms with van der Waals surface area (Å²) in [6.07, 6.45) is 0. The fourth-order valence-corrected chi connectivity index (χ4v) is 2.71. The number of hydrogen-bond acceptors (Lipinski definition) is 4. The molecule has 0 amide bonds. The molecule has 118 valence electrons. The fourth-order valence-electron chi connectivity index (χ4n) is 2.28. The SMILES string of the molecule is Cc1cc(Cl)c(C(C)C)cc1Oc1c([N+](=O)[O-])c(C)nn1C. The average Bonchev–Trinajstić information content (AvgIpc) is 2.66. The van der Waals surface area contributed by atoms with Crippen LogP contribution in [0.2, 0.25) is 5.02 Å². The van der Waals surface area contributed by atoms with Gasteiger partial charge in [0.05, 0.1) is 4.92 Å². The first-order valence-corrected chi connectivity index (χ1v) is 7.26. The number of hydrogen-bond donors (Lipinski definition) is 0. The van der Waals surface area contributed by atoms with Gasteiger partial charge in [0.15, 0.2) is 0 Å². The van der Waals surface area contributed by atoms with Crippen molar-refractivity contribution in [2.45, 2.75) is 33.6 Å². The zero-order valence-corrected chi connectivity index (χ0v) is 13.9. The van der Waals surface area contributed by atoms with Crippen molar-refractivity contribution in [1.82, 2.24) is 9.78 Å². The maximum atomic E-state index is 11.2. The Morgan fingerprint density at radius 1 is 1.36 bits per heavy atom. The van der Waals surface area contributed by atoms with E-state index in [9.17, 15) is 10.1 Å². The van der Waals surface area contributed by atoms with E-state index < -0.39 is 4.92 Å². The van der Waals surface area contributed by atoms with Crippen LogP contribution in [0.1, 0.15) is 36.6 Å². The van der Waals surface area contributed by atoms with Gasteiger partial charge >= 0.3 is 5.69 Å². The number of aryl methyl sites for hydroxylation is 3. The molecular formula is C15H18ClN3O3. The molecule has 0 aliphatic carbocycles. The van der Waals surface area contributed by atoms with Crippen LogP contribution in [0.25, 0.3) is 0 Å². The van der Waals surface area contributed by atoms with Crippen molar-refractivity contribution in [3.05, 3.63) is 44.1 Å². The van der Waals surface area contributed by atoms with Crippen LogP contribution in [0.3, 0.4) is 0 Å². The highest BCUT2D eigenvalue weighted by Gasteiger charge is 2.26. The number of rotatable bonds is 4. The van der Waals surface area contributed by atoms with E-state index in [0.717, 1.165) is 11.1 Å². The number of aromatic nitrogens is 2. The van der Waals surface area contributed by atoms with Crippen molar-refractivity contribution in [2.75, 3.05) is 0 Å². The van der Waals surface area contributed by atoms with Crippen LogP contribution in [-0.2, 0) is 7.05 Å². The molecule has 0 fully saturated rings. The molecule has 0 unspecified atom stereocenters. The molecule has 7 heteroatoms. The summed E-state index contributed by atoms with van der Waals surface area (Å²) in [5, 5.41) is 15.9. The van der Waals surface area contributed by atoms with Gasteiger partial charge in [0.1, 0.15) is 11.4 Å². The van der Waals surface area contributed by atoms with Crippen LogP contribution < -0.4 is 4.74 Å². The van der Waals surface area contributed by atoms with Crippen molar-refractivity contribution >= 4 is 17.3 Å². The van der Waals surface area contributed by atoms with Crippen molar-refractivity contribution in [2.24, 2.45) is 7.05 Å². The first-order valence-electron chi connectivity index (χ1n) is 6.88. The molecule has 0 aliphatic rings. The second-order valence-electron chi connectivity index (χ2n) is 5.52. The predicted octanol–water partition coefficient (Wildman–Crippen LogP) is 4.51. The molecule has 1 aromatic carbocycles. The highest BCUT2D eigenvalue weighted by Crippen LogP contribution is 2.37. The smallest absolute Gasteiger partial charge is 0.353 e. The van der Waals surface area contributed by atoms with Gasteiger partial charge in [-0.3, -0.25) is 10.1 Å². The molecule has 0 spiro atoms. The lowest BCUT2D eigenvalue weighted by Gasteiger charge is -2.14. The third-order valence-corrected chi connectivity index (χ3v) is 3.77. The molecule has 0 N–H and O–H groups in total. The molecule has 2 rings (SSSR count). The standard InChI is InChI=1S/C15H18ClN3O3/c1-8(2)11-7-13(9(3)6-12(11)16)22-15-14(19(20)21)10(4)17-18(15)5/h6-8H,1-5H3. The van der Waals surface area contributed by atoms with Gasteiger partial charge in [-0.25, -0.2) is 4.68 Å². The quantitative estimate of drug-likeness (QED) is 0.613. The van der Waals surface area contributed by atoms with Crippen LogP contribution in [0.5, 0.6) is 11.6 Å². The second kappa shape index (κ2) is 5.96. The van der Waals surface area contributed by atoms with Crippen LogP contribution in [0.15, 0.2) is 12.1 Å². The monoisotopic (exact) mass is 323 g/mol. The summed E-state index contributed by atoms with van der Waals surface area (Å²) in [6, 6.07) is 3.63. The van der Waals surface area contributed by atoms with E-state index in [0.29, 0.717) is 16.5 Å². The maximum absolute atomic E-state index is 11.2. The second-order valence-corrected chi connectivity index (χ2v) is 5.92. The Kier molecular flexibility index (Phi) is 4.42. The molecule has 0 bridgehead atoms. The highest BCUT2D eigenvalue weighted by molar-refractivity contribution is 6.31. The summed E-state index contributed by atoms with van der Waals surface area (Å²) in [7, 11) is 1.62. The van der Waals surface area contributed by atoms with Gasteiger partial charge < -0.3 is 4.74 Å². The van der Waals surface area contributed by atoms with Crippen molar-refractivity contribution in [3.63, 3.8) is 0 Å². The van der Waals surface area contributed by atoms with Crippen molar-refractivity contribution < 1.29 is 9.66 Å². The molecule has 0 aliphatic heterocycles. The van der Waals surface area contributed by atoms with Gasteiger partial charge in [0.2, 0.25) is 0 Å². The molecule has 1 heterocycles. The summed E-state index contributed by atoms with van der Waals surface area (Å²) in [5.41, 5.74) is 1.94. The fraction of sp³-hybridized carbons (Fsp3) is 0.400. The zero-order chi connectivity index (χ0) is 16.6. The third kappa shape index (κ3) is 2.92. The Labute approximate surface area is 133 Å². The third-order valence-electron chi connectivity index (χ3n) is 3.44. The van der Waals surface area contributed by atoms with Crippen molar-refractivity contribution in [3.8, 4) is 11.6 Å². The Bertz CT molecular complexity index is 738. The lowest BCUT2D eigenvalue weighted by Crippen LogP contribution is -2.00. The Balaban J connectivity index is 2.52. The number of ether oxygens (including phenoxy) is 1. The first-order chi connectivity index (χ1) is 10.2. The van der Waals surface area contributed by atoms with Gasteiger partial charge in [0, 0.05) is 12.1 Å². The van der Waals surface area contributed by atoms with Crippen LogP contribution >= 0.6 is 11.6 Å². The molecule has 22 heavy (non-hydrogen) atoms. The first kappa shape index (κ1) is 16.3. The van der Waals surface area contributed by atoms with E-state index in [2.05, 4.69) is 5.10 Å². The molecule has 6 nitrogen and oxygen atoms in total. The van der Waals surface area contributed by atoms with Gasteiger partial charge in [0.25, 0.3) is 5.88 Å². The van der Waals surface area contributed by atoms with Gasteiger partial charge in [-0.1, -0.05) is 25.4 Å². The number of benzene rings is 1. The summed E-state index contributed by atoms with van der Waals surface area (Å²) >= 11 is 6.24.